The van der Waals surface area contributed by atoms with Crippen molar-refractivity contribution in [2.75, 3.05) is 13.1 Å². The number of hydrogen-bond donors (Lipinski definition) is 0. The highest BCUT2D eigenvalue weighted by Crippen LogP contribution is 2.30. The van der Waals surface area contributed by atoms with Crippen LogP contribution in [0.5, 0.6) is 0 Å². The highest BCUT2D eigenvalue weighted by Gasteiger charge is 2.43. The van der Waals surface area contributed by atoms with Gasteiger partial charge in [-0.05, 0) is 19.8 Å². The summed E-state index contributed by atoms with van der Waals surface area (Å²) >= 11 is 0. The van der Waals surface area contributed by atoms with Crippen molar-refractivity contribution in [1.82, 2.24) is 14.5 Å². The first kappa shape index (κ1) is 16.5. The number of nitrogens with zero attached hydrogens (tertiary/aromatic N) is 3. The van der Waals surface area contributed by atoms with Crippen LogP contribution >= 0.6 is 0 Å². The van der Waals surface area contributed by atoms with Crippen LogP contribution in [0, 0.1) is 0 Å². The molecule has 1 amide bonds. The fourth-order valence-electron chi connectivity index (χ4n) is 3.53. The number of carbonyl (C=O) groups is 1. The monoisotopic (exact) mass is 339 g/mol. The molecule has 3 rings (SSSR count). The van der Waals surface area contributed by atoms with Gasteiger partial charge in [-0.25, -0.2) is 13.4 Å². The van der Waals surface area contributed by atoms with E-state index in [1.807, 2.05) is 17.7 Å². The maximum Gasteiger partial charge on any atom is 0.224 e. The number of likely N-dealkylation sites (tertiary alicyclic amines) is 1. The molecule has 1 aromatic rings. The molecule has 2 heterocycles. The van der Waals surface area contributed by atoms with Crippen LogP contribution in [0.2, 0.25) is 0 Å². The highest BCUT2D eigenvalue weighted by atomic mass is 32.2. The Kier molecular flexibility index (Phi) is 4.75. The molecule has 2 fully saturated rings. The van der Waals surface area contributed by atoms with Crippen LogP contribution < -0.4 is 0 Å². The van der Waals surface area contributed by atoms with Crippen molar-refractivity contribution < 1.29 is 13.2 Å². The third-order valence-electron chi connectivity index (χ3n) is 5.19. The number of sulfone groups is 1. The average molecular weight is 339 g/mol. The molecule has 2 aliphatic rings. The Morgan fingerprint density at radius 3 is 2.52 bits per heavy atom. The number of aromatic nitrogens is 2. The van der Waals surface area contributed by atoms with E-state index in [-0.39, 0.29) is 22.4 Å². The first-order valence-electron chi connectivity index (χ1n) is 8.46. The van der Waals surface area contributed by atoms with E-state index in [0.717, 1.165) is 32.1 Å². The number of imidazole rings is 1. The predicted octanol–water partition coefficient (Wildman–Crippen LogP) is 1.79. The molecule has 1 unspecified atom stereocenters. The first-order chi connectivity index (χ1) is 11.0. The molecule has 7 heteroatoms. The van der Waals surface area contributed by atoms with Gasteiger partial charge in [-0.2, -0.15) is 0 Å². The molecule has 6 nitrogen and oxygen atoms in total. The maximum atomic E-state index is 12.6. The Labute approximate surface area is 137 Å². The van der Waals surface area contributed by atoms with Crippen molar-refractivity contribution >= 4 is 15.7 Å². The minimum absolute atomic E-state index is 0.0290. The number of rotatable bonds is 5. The van der Waals surface area contributed by atoms with Gasteiger partial charge in [-0.3, -0.25) is 4.79 Å². The number of carbonyl (C=O) groups excluding carboxylic acids is 1. The van der Waals surface area contributed by atoms with Crippen LogP contribution in [0.1, 0.15) is 51.5 Å². The second-order valence-electron chi connectivity index (χ2n) is 6.83. The standard InChI is InChI=1S/C16H25N3O3S/c1-13(18-8-7-17-12-18)9-16(20)19-10-15(11-19)23(21,22)14-5-3-2-4-6-14/h7-8,12-15H,2-6,9-11H2,1H3. The summed E-state index contributed by atoms with van der Waals surface area (Å²) in [6, 6.07) is 0.0407. The van der Waals surface area contributed by atoms with E-state index < -0.39 is 9.84 Å². The van der Waals surface area contributed by atoms with Gasteiger partial charge in [0.2, 0.25) is 5.91 Å². The lowest BCUT2D eigenvalue weighted by atomic mass is 10.0. The lowest BCUT2D eigenvalue weighted by Gasteiger charge is -2.41. The van der Waals surface area contributed by atoms with Crippen LogP contribution in [-0.4, -0.2) is 52.4 Å². The molecule has 1 atom stereocenters. The summed E-state index contributed by atoms with van der Waals surface area (Å²) in [5.74, 6) is 0.0290. The molecule has 23 heavy (non-hydrogen) atoms. The second kappa shape index (κ2) is 6.63. The molecule has 0 bridgehead atoms. The molecular formula is C16H25N3O3S. The van der Waals surface area contributed by atoms with Gasteiger partial charge in [0.25, 0.3) is 0 Å². The fourth-order valence-corrected chi connectivity index (χ4v) is 5.84. The molecule has 1 saturated heterocycles. The summed E-state index contributed by atoms with van der Waals surface area (Å²) in [4.78, 5) is 17.9. The van der Waals surface area contributed by atoms with Gasteiger partial charge < -0.3 is 9.47 Å². The molecule has 0 aromatic carbocycles. The predicted molar refractivity (Wildman–Crippen MR) is 87.7 cm³/mol. The molecule has 1 saturated carbocycles. The molecule has 0 radical (unpaired) electrons. The van der Waals surface area contributed by atoms with Gasteiger partial charge in [0.1, 0.15) is 0 Å². The van der Waals surface area contributed by atoms with Crippen molar-refractivity contribution in [3.8, 4) is 0 Å². The Morgan fingerprint density at radius 2 is 1.91 bits per heavy atom. The molecule has 1 aromatic heterocycles. The zero-order chi connectivity index (χ0) is 16.4. The number of amides is 1. The Bertz CT molecular complexity index is 630. The van der Waals surface area contributed by atoms with E-state index in [2.05, 4.69) is 4.98 Å². The van der Waals surface area contributed by atoms with Crippen LogP contribution in [0.15, 0.2) is 18.7 Å². The molecule has 0 N–H and O–H groups in total. The lowest BCUT2D eigenvalue weighted by molar-refractivity contribution is -0.135. The third-order valence-corrected chi connectivity index (χ3v) is 7.81. The van der Waals surface area contributed by atoms with Gasteiger partial charge in [0.15, 0.2) is 9.84 Å². The SMILES string of the molecule is CC(CC(=O)N1CC(S(=O)(=O)C2CCCCC2)C1)n1ccnc1. The van der Waals surface area contributed by atoms with E-state index in [1.165, 1.54) is 0 Å². The van der Waals surface area contributed by atoms with Gasteiger partial charge in [0, 0.05) is 37.9 Å². The molecule has 128 valence electrons. The van der Waals surface area contributed by atoms with E-state index in [0.29, 0.717) is 19.5 Å². The molecule has 1 aliphatic carbocycles. The van der Waals surface area contributed by atoms with Gasteiger partial charge in [-0.15, -0.1) is 0 Å². The Morgan fingerprint density at radius 1 is 1.22 bits per heavy atom. The zero-order valence-electron chi connectivity index (χ0n) is 13.6. The van der Waals surface area contributed by atoms with E-state index >= 15 is 0 Å². The van der Waals surface area contributed by atoms with Crippen molar-refractivity contribution in [2.24, 2.45) is 0 Å². The van der Waals surface area contributed by atoms with Crippen molar-refractivity contribution in [1.29, 1.82) is 0 Å². The largest absolute Gasteiger partial charge is 0.340 e. The van der Waals surface area contributed by atoms with Gasteiger partial charge in [0.05, 0.1) is 16.8 Å². The van der Waals surface area contributed by atoms with Crippen molar-refractivity contribution in [2.45, 2.75) is 62.0 Å². The van der Waals surface area contributed by atoms with Crippen LogP contribution in [-0.2, 0) is 14.6 Å². The topological polar surface area (TPSA) is 72.3 Å². The smallest absolute Gasteiger partial charge is 0.224 e. The summed E-state index contributed by atoms with van der Waals surface area (Å²) in [7, 11) is -3.07. The molecular weight excluding hydrogens is 314 g/mol. The third kappa shape index (κ3) is 3.44. The maximum absolute atomic E-state index is 12.6. The summed E-state index contributed by atoms with van der Waals surface area (Å²) in [5.41, 5.74) is 0. The normalized spacial score (nSPS) is 21.9. The Balaban J connectivity index is 1.51. The fraction of sp³-hybridized carbons (Fsp3) is 0.750. The minimum atomic E-state index is -3.07. The summed E-state index contributed by atoms with van der Waals surface area (Å²) in [6.45, 7) is 2.71. The molecule has 0 spiro atoms. The first-order valence-corrected chi connectivity index (χ1v) is 10.1. The summed E-state index contributed by atoms with van der Waals surface area (Å²) in [6.07, 6.45) is 10.4. The van der Waals surface area contributed by atoms with Crippen LogP contribution in [0.25, 0.3) is 0 Å². The number of hydrogen-bond acceptors (Lipinski definition) is 4. The van der Waals surface area contributed by atoms with E-state index in [1.54, 1.807) is 17.4 Å². The van der Waals surface area contributed by atoms with E-state index in [4.69, 9.17) is 0 Å². The van der Waals surface area contributed by atoms with Crippen molar-refractivity contribution in [3.63, 3.8) is 0 Å². The van der Waals surface area contributed by atoms with Gasteiger partial charge >= 0.3 is 0 Å². The van der Waals surface area contributed by atoms with Crippen LogP contribution in [0.3, 0.4) is 0 Å². The Hall–Kier alpha value is -1.37. The summed E-state index contributed by atoms with van der Waals surface area (Å²) in [5, 5.41) is -0.526. The minimum Gasteiger partial charge on any atom is -0.340 e. The van der Waals surface area contributed by atoms with Crippen LogP contribution in [0.4, 0.5) is 0 Å². The van der Waals surface area contributed by atoms with Gasteiger partial charge in [-0.1, -0.05) is 19.3 Å². The average Bonchev–Trinajstić information content (AvgIpc) is 3.00. The van der Waals surface area contributed by atoms with Crippen molar-refractivity contribution in [3.05, 3.63) is 18.7 Å². The molecule has 1 aliphatic heterocycles. The zero-order valence-corrected chi connectivity index (χ0v) is 14.4. The second-order valence-corrected chi connectivity index (χ2v) is 9.34. The summed E-state index contributed by atoms with van der Waals surface area (Å²) < 4.78 is 27.1. The van der Waals surface area contributed by atoms with E-state index in [9.17, 15) is 13.2 Å². The quantitative estimate of drug-likeness (QED) is 0.820. The highest BCUT2D eigenvalue weighted by molar-refractivity contribution is 7.92. The lowest BCUT2D eigenvalue weighted by Crippen LogP contribution is -2.59.